The van der Waals surface area contributed by atoms with Crippen LogP contribution in [0.4, 0.5) is 5.69 Å². The molecular formula is C21H23BrN2O3. The molecule has 6 heteroatoms. The van der Waals surface area contributed by atoms with Gasteiger partial charge in [0.05, 0.1) is 22.7 Å². The third-order valence-electron chi connectivity index (χ3n) is 3.80. The zero-order valence-corrected chi connectivity index (χ0v) is 17.5. The van der Waals surface area contributed by atoms with Gasteiger partial charge in [-0.1, -0.05) is 39.0 Å². The molecule has 0 saturated heterocycles. The van der Waals surface area contributed by atoms with Crippen molar-refractivity contribution in [2.75, 3.05) is 18.5 Å². The Bertz CT molecular complexity index is 867. The van der Waals surface area contributed by atoms with Crippen LogP contribution in [0, 0.1) is 11.3 Å². The van der Waals surface area contributed by atoms with Crippen molar-refractivity contribution >= 4 is 27.5 Å². The molecule has 0 aliphatic carbocycles. The zero-order chi connectivity index (χ0) is 20.0. The topological polar surface area (TPSA) is 71.3 Å². The van der Waals surface area contributed by atoms with Crippen molar-refractivity contribution in [2.45, 2.75) is 33.1 Å². The number of nitrogens with one attached hydrogen (secondary N) is 1. The molecule has 0 radical (unpaired) electrons. The van der Waals surface area contributed by atoms with Gasteiger partial charge >= 0.3 is 0 Å². The Morgan fingerprint density at radius 3 is 2.56 bits per heavy atom. The van der Waals surface area contributed by atoms with Gasteiger partial charge in [-0.25, -0.2) is 0 Å². The zero-order valence-electron chi connectivity index (χ0n) is 15.9. The van der Waals surface area contributed by atoms with Crippen LogP contribution < -0.4 is 14.8 Å². The third kappa shape index (κ3) is 5.48. The van der Waals surface area contributed by atoms with Gasteiger partial charge in [-0.05, 0) is 46.0 Å². The number of nitrogens with zero attached hydrogens (tertiary/aromatic N) is 1. The molecule has 5 nitrogen and oxygen atoms in total. The minimum absolute atomic E-state index is 0.0942. The largest absolute Gasteiger partial charge is 0.490 e. The summed E-state index contributed by atoms with van der Waals surface area (Å²) in [4.78, 5) is 12.4. The monoisotopic (exact) mass is 430 g/mol. The fraction of sp³-hybridized carbons (Fsp3) is 0.333. The molecule has 2 aromatic carbocycles. The first-order valence-electron chi connectivity index (χ1n) is 8.65. The Balaban J connectivity index is 2.14. The highest BCUT2D eigenvalue weighted by Gasteiger charge is 2.19. The quantitative estimate of drug-likeness (QED) is 0.696. The molecule has 0 bridgehead atoms. The lowest BCUT2D eigenvalue weighted by Gasteiger charge is -2.23. The molecule has 2 rings (SSSR count). The van der Waals surface area contributed by atoms with Crippen LogP contribution in [0.5, 0.6) is 11.5 Å². The average molecular weight is 431 g/mol. The molecule has 0 aliphatic heterocycles. The summed E-state index contributed by atoms with van der Waals surface area (Å²) in [5, 5.41) is 12.0. The van der Waals surface area contributed by atoms with Crippen LogP contribution >= 0.6 is 15.9 Å². The second-order valence-electron chi connectivity index (χ2n) is 6.96. The number of carbonyl (C=O) groups is 1. The maximum atomic E-state index is 12.4. The fourth-order valence-electron chi connectivity index (χ4n) is 2.61. The molecule has 1 N–H and O–H groups in total. The number of carbonyl (C=O) groups excluding carboxylic acids is 1. The van der Waals surface area contributed by atoms with Gasteiger partial charge in [0.2, 0.25) is 0 Å². The molecule has 0 fully saturated rings. The maximum Gasteiger partial charge on any atom is 0.262 e. The number of anilines is 1. The molecule has 1 amide bonds. The molecular weight excluding hydrogens is 408 g/mol. The number of hydrogen-bond donors (Lipinski definition) is 1. The predicted molar refractivity (Wildman–Crippen MR) is 109 cm³/mol. The van der Waals surface area contributed by atoms with Crippen LogP contribution in [0.3, 0.4) is 0 Å². The molecule has 0 spiro atoms. The Hall–Kier alpha value is -2.52. The molecule has 0 saturated carbocycles. The second-order valence-corrected chi connectivity index (χ2v) is 7.82. The van der Waals surface area contributed by atoms with Crippen molar-refractivity contribution in [1.82, 2.24) is 0 Å². The molecule has 0 aromatic heterocycles. The van der Waals surface area contributed by atoms with Crippen molar-refractivity contribution in [3.63, 3.8) is 0 Å². The van der Waals surface area contributed by atoms with Crippen LogP contribution in [-0.4, -0.2) is 19.1 Å². The van der Waals surface area contributed by atoms with E-state index in [2.05, 4.69) is 48.1 Å². The first-order valence-corrected chi connectivity index (χ1v) is 9.44. The lowest BCUT2D eigenvalue weighted by atomic mass is 9.86. The van der Waals surface area contributed by atoms with Crippen molar-refractivity contribution in [3.05, 3.63) is 52.0 Å². The molecule has 0 unspecified atom stereocenters. The summed E-state index contributed by atoms with van der Waals surface area (Å²) in [5.41, 5.74) is 2.17. The van der Waals surface area contributed by atoms with Gasteiger partial charge in [-0.3, -0.25) is 4.79 Å². The van der Waals surface area contributed by atoms with Gasteiger partial charge in [0.25, 0.3) is 5.91 Å². The van der Waals surface area contributed by atoms with Crippen LogP contribution in [0.2, 0.25) is 0 Å². The van der Waals surface area contributed by atoms with Gasteiger partial charge < -0.3 is 14.8 Å². The summed E-state index contributed by atoms with van der Waals surface area (Å²) < 4.78 is 11.8. The minimum atomic E-state index is -0.273. The summed E-state index contributed by atoms with van der Waals surface area (Å²) >= 11 is 3.38. The highest BCUT2D eigenvalue weighted by molar-refractivity contribution is 9.10. The molecule has 142 valence electrons. The minimum Gasteiger partial charge on any atom is -0.490 e. The van der Waals surface area contributed by atoms with E-state index in [1.165, 1.54) is 0 Å². The number of ether oxygens (including phenoxy) is 2. The first kappa shape index (κ1) is 20.8. The van der Waals surface area contributed by atoms with E-state index in [1.807, 2.05) is 31.2 Å². The van der Waals surface area contributed by atoms with E-state index in [0.717, 1.165) is 11.3 Å². The van der Waals surface area contributed by atoms with E-state index in [-0.39, 0.29) is 17.9 Å². The maximum absolute atomic E-state index is 12.4. The number of rotatable bonds is 6. The molecule has 0 atom stereocenters. The Morgan fingerprint density at radius 2 is 1.93 bits per heavy atom. The summed E-state index contributed by atoms with van der Waals surface area (Å²) in [6.45, 7) is 8.36. The van der Waals surface area contributed by atoms with E-state index in [9.17, 15) is 4.79 Å². The summed E-state index contributed by atoms with van der Waals surface area (Å²) in [6, 6.07) is 13.0. The van der Waals surface area contributed by atoms with E-state index in [4.69, 9.17) is 14.7 Å². The van der Waals surface area contributed by atoms with Crippen molar-refractivity contribution in [1.29, 1.82) is 5.26 Å². The third-order valence-corrected chi connectivity index (χ3v) is 4.38. The molecule has 27 heavy (non-hydrogen) atoms. The molecule has 0 aliphatic rings. The summed E-state index contributed by atoms with van der Waals surface area (Å²) in [7, 11) is 0. The van der Waals surface area contributed by atoms with Crippen LogP contribution in [-0.2, 0) is 10.2 Å². The van der Waals surface area contributed by atoms with E-state index in [0.29, 0.717) is 28.1 Å². The van der Waals surface area contributed by atoms with Crippen molar-refractivity contribution in [2.24, 2.45) is 0 Å². The van der Waals surface area contributed by atoms with Crippen molar-refractivity contribution in [3.8, 4) is 17.6 Å². The number of benzene rings is 2. The normalized spacial score (nSPS) is 10.8. The number of amides is 1. The number of nitriles is 1. The molecule has 0 heterocycles. The number of hydrogen-bond acceptors (Lipinski definition) is 4. The number of halogens is 1. The molecule has 2 aromatic rings. The second kappa shape index (κ2) is 8.92. The standard InChI is InChI=1S/C21H23BrN2O3/c1-5-26-18-11-14(12-23)10-16(22)20(18)27-13-19(25)24-17-9-7-6-8-15(17)21(2,3)4/h6-11H,5,13H2,1-4H3,(H,24,25). The van der Waals surface area contributed by atoms with Gasteiger partial charge in [0.1, 0.15) is 0 Å². The van der Waals surface area contributed by atoms with E-state index in [1.54, 1.807) is 12.1 Å². The van der Waals surface area contributed by atoms with Gasteiger partial charge in [0, 0.05) is 11.8 Å². The van der Waals surface area contributed by atoms with Crippen molar-refractivity contribution < 1.29 is 14.3 Å². The smallest absolute Gasteiger partial charge is 0.262 e. The Kier molecular flexibility index (Phi) is 6.86. The number of para-hydroxylation sites is 1. The Morgan fingerprint density at radius 1 is 1.22 bits per heavy atom. The van der Waals surface area contributed by atoms with Crippen LogP contribution in [0.1, 0.15) is 38.8 Å². The summed E-state index contributed by atoms with van der Waals surface area (Å²) in [6.07, 6.45) is 0. The first-order chi connectivity index (χ1) is 12.8. The van der Waals surface area contributed by atoms with E-state index < -0.39 is 0 Å². The van der Waals surface area contributed by atoms with Gasteiger partial charge in [-0.15, -0.1) is 0 Å². The van der Waals surface area contributed by atoms with E-state index >= 15 is 0 Å². The lowest BCUT2D eigenvalue weighted by Crippen LogP contribution is -2.23. The fourth-order valence-corrected chi connectivity index (χ4v) is 3.16. The van der Waals surface area contributed by atoms with Crippen LogP contribution in [0.25, 0.3) is 0 Å². The lowest BCUT2D eigenvalue weighted by molar-refractivity contribution is -0.118. The van der Waals surface area contributed by atoms with Gasteiger partial charge in [0.15, 0.2) is 18.1 Å². The SMILES string of the molecule is CCOc1cc(C#N)cc(Br)c1OCC(=O)Nc1ccccc1C(C)(C)C. The highest BCUT2D eigenvalue weighted by Crippen LogP contribution is 2.37. The van der Waals surface area contributed by atoms with Gasteiger partial charge in [-0.2, -0.15) is 5.26 Å². The highest BCUT2D eigenvalue weighted by atomic mass is 79.9. The average Bonchev–Trinajstić information content (AvgIpc) is 2.60. The van der Waals surface area contributed by atoms with Crippen LogP contribution in [0.15, 0.2) is 40.9 Å². The Labute approximate surface area is 168 Å². The summed E-state index contributed by atoms with van der Waals surface area (Å²) in [5.74, 6) is 0.548. The predicted octanol–water partition coefficient (Wildman–Crippen LogP) is 5.03.